The van der Waals surface area contributed by atoms with Gasteiger partial charge in [-0.2, -0.15) is 0 Å². The second kappa shape index (κ2) is 14.7. The predicted octanol–water partition coefficient (Wildman–Crippen LogP) is 2.48. The topological polar surface area (TPSA) is 108 Å². The first-order valence-corrected chi connectivity index (χ1v) is 12.8. The highest BCUT2D eigenvalue weighted by atomic mass is 32.1. The standard InChI is InChI=1S/C25H35N3O7S/c1-31-8-9-34-10-11-35-16-23(29)28-6-4-19(5-7-28)25-27-22(17-36-25)24(30)26-15-18-12-20(32-2)14-21(13-18)33-3/h12-14,17,19H,4-11,15-16H2,1-3H3,(H,26,30). The number of hydrogen-bond donors (Lipinski definition) is 1. The molecule has 1 N–H and O–H groups in total. The summed E-state index contributed by atoms with van der Waals surface area (Å²) in [5, 5.41) is 5.63. The molecule has 2 heterocycles. The van der Waals surface area contributed by atoms with Crippen molar-refractivity contribution < 1.29 is 33.3 Å². The van der Waals surface area contributed by atoms with Gasteiger partial charge in [-0.1, -0.05) is 0 Å². The minimum Gasteiger partial charge on any atom is -0.497 e. The van der Waals surface area contributed by atoms with Crippen LogP contribution in [0, 0.1) is 0 Å². The minimum absolute atomic E-state index is 0.0151. The van der Waals surface area contributed by atoms with E-state index in [1.807, 2.05) is 17.0 Å². The average molecular weight is 522 g/mol. The van der Waals surface area contributed by atoms with Crippen molar-refractivity contribution in [1.82, 2.24) is 15.2 Å². The zero-order chi connectivity index (χ0) is 25.8. The molecule has 3 rings (SSSR count). The molecule has 0 bridgehead atoms. The lowest BCUT2D eigenvalue weighted by molar-refractivity contribution is -0.137. The molecule has 1 fully saturated rings. The van der Waals surface area contributed by atoms with Crippen LogP contribution in [0.15, 0.2) is 23.6 Å². The highest BCUT2D eigenvalue weighted by Gasteiger charge is 2.26. The number of nitrogens with zero attached hydrogens (tertiary/aromatic N) is 2. The number of likely N-dealkylation sites (tertiary alicyclic amines) is 1. The lowest BCUT2D eigenvalue weighted by Crippen LogP contribution is -2.40. The summed E-state index contributed by atoms with van der Waals surface area (Å²) in [5.41, 5.74) is 1.28. The van der Waals surface area contributed by atoms with Gasteiger partial charge < -0.3 is 33.9 Å². The van der Waals surface area contributed by atoms with Gasteiger partial charge in [-0.3, -0.25) is 9.59 Å². The lowest BCUT2D eigenvalue weighted by Gasteiger charge is -2.31. The molecule has 10 nitrogen and oxygen atoms in total. The number of amides is 2. The molecule has 1 aliphatic rings. The van der Waals surface area contributed by atoms with Crippen LogP contribution in [0.5, 0.6) is 11.5 Å². The maximum Gasteiger partial charge on any atom is 0.271 e. The number of thiazole rings is 1. The van der Waals surface area contributed by atoms with Gasteiger partial charge in [0.2, 0.25) is 5.91 Å². The zero-order valence-electron chi connectivity index (χ0n) is 21.1. The zero-order valence-corrected chi connectivity index (χ0v) is 21.9. The first kappa shape index (κ1) is 27.9. The Morgan fingerprint density at radius 2 is 1.67 bits per heavy atom. The van der Waals surface area contributed by atoms with Crippen LogP contribution < -0.4 is 14.8 Å². The third-order valence-corrected chi connectivity index (χ3v) is 6.85. The van der Waals surface area contributed by atoms with Crippen molar-refractivity contribution in [3.63, 3.8) is 0 Å². The molecule has 0 saturated carbocycles. The highest BCUT2D eigenvalue weighted by molar-refractivity contribution is 7.09. The molecule has 36 heavy (non-hydrogen) atoms. The van der Waals surface area contributed by atoms with Crippen LogP contribution in [0.2, 0.25) is 0 Å². The number of ether oxygens (including phenoxy) is 5. The number of rotatable bonds is 14. The van der Waals surface area contributed by atoms with E-state index in [2.05, 4.69) is 10.3 Å². The van der Waals surface area contributed by atoms with E-state index in [0.717, 1.165) is 23.4 Å². The Morgan fingerprint density at radius 1 is 1.00 bits per heavy atom. The molecule has 2 aromatic rings. The lowest BCUT2D eigenvalue weighted by atomic mass is 9.97. The van der Waals surface area contributed by atoms with Gasteiger partial charge in [0.25, 0.3) is 5.91 Å². The Kier molecular flexibility index (Phi) is 11.4. The number of nitrogens with one attached hydrogen (secondary N) is 1. The van der Waals surface area contributed by atoms with Crippen LogP contribution in [-0.2, 0) is 25.5 Å². The Labute approximate surface area is 215 Å². The molecule has 11 heteroatoms. The van der Waals surface area contributed by atoms with Crippen molar-refractivity contribution in [2.24, 2.45) is 0 Å². The molecule has 0 aliphatic carbocycles. The van der Waals surface area contributed by atoms with E-state index in [1.165, 1.54) is 11.3 Å². The summed E-state index contributed by atoms with van der Waals surface area (Å²) in [6, 6.07) is 5.49. The molecule has 2 amide bonds. The number of benzene rings is 1. The molecule has 0 spiro atoms. The first-order chi connectivity index (χ1) is 17.5. The van der Waals surface area contributed by atoms with Gasteiger partial charge in [-0.25, -0.2) is 4.98 Å². The van der Waals surface area contributed by atoms with Crippen molar-refractivity contribution in [2.75, 3.05) is 67.5 Å². The summed E-state index contributed by atoms with van der Waals surface area (Å²) in [4.78, 5) is 31.5. The summed E-state index contributed by atoms with van der Waals surface area (Å²) in [6.07, 6.45) is 1.62. The van der Waals surface area contributed by atoms with E-state index < -0.39 is 0 Å². The largest absolute Gasteiger partial charge is 0.497 e. The second-order valence-electron chi connectivity index (χ2n) is 8.29. The van der Waals surface area contributed by atoms with E-state index in [9.17, 15) is 9.59 Å². The Bertz CT molecular complexity index is 954. The van der Waals surface area contributed by atoms with Crippen LogP contribution in [0.3, 0.4) is 0 Å². The number of carbonyl (C=O) groups is 2. The molecular formula is C25H35N3O7S. The van der Waals surface area contributed by atoms with Crippen molar-refractivity contribution in [2.45, 2.75) is 25.3 Å². The van der Waals surface area contributed by atoms with E-state index in [-0.39, 0.29) is 24.3 Å². The molecule has 0 radical (unpaired) electrons. The van der Waals surface area contributed by atoms with Crippen LogP contribution in [0.1, 0.15) is 39.8 Å². The van der Waals surface area contributed by atoms with Crippen LogP contribution >= 0.6 is 11.3 Å². The normalized spacial score (nSPS) is 14.0. The fraction of sp³-hybridized carbons (Fsp3) is 0.560. The van der Waals surface area contributed by atoms with Crippen LogP contribution in [0.4, 0.5) is 0 Å². The van der Waals surface area contributed by atoms with Crippen LogP contribution in [-0.4, -0.2) is 89.2 Å². The number of aromatic nitrogens is 1. The number of carbonyl (C=O) groups excluding carboxylic acids is 2. The Morgan fingerprint density at radius 3 is 2.33 bits per heavy atom. The predicted molar refractivity (Wildman–Crippen MR) is 135 cm³/mol. The minimum atomic E-state index is -0.227. The fourth-order valence-electron chi connectivity index (χ4n) is 3.81. The quantitative estimate of drug-likeness (QED) is 0.378. The highest BCUT2D eigenvalue weighted by Crippen LogP contribution is 2.30. The molecule has 1 aliphatic heterocycles. The fourth-order valence-corrected chi connectivity index (χ4v) is 4.78. The molecule has 1 aromatic carbocycles. The van der Waals surface area contributed by atoms with Gasteiger partial charge in [-0.05, 0) is 30.5 Å². The van der Waals surface area contributed by atoms with E-state index >= 15 is 0 Å². The van der Waals surface area contributed by atoms with Gasteiger partial charge in [0.15, 0.2) is 0 Å². The Balaban J connectivity index is 1.40. The third kappa shape index (κ3) is 8.44. The van der Waals surface area contributed by atoms with E-state index in [1.54, 1.807) is 32.8 Å². The molecular weight excluding hydrogens is 486 g/mol. The molecule has 1 saturated heterocycles. The van der Waals surface area contributed by atoms with Crippen molar-refractivity contribution in [3.8, 4) is 11.5 Å². The summed E-state index contributed by atoms with van der Waals surface area (Å²) in [6.45, 7) is 3.55. The molecule has 0 unspecified atom stereocenters. The monoisotopic (exact) mass is 521 g/mol. The van der Waals surface area contributed by atoms with Gasteiger partial charge in [-0.15, -0.1) is 11.3 Å². The number of piperidine rings is 1. The smallest absolute Gasteiger partial charge is 0.271 e. The summed E-state index contributed by atoms with van der Waals surface area (Å²) in [7, 11) is 4.80. The number of hydrogen-bond acceptors (Lipinski definition) is 9. The first-order valence-electron chi connectivity index (χ1n) is 11.9. The van der Waals surface area contributed by atoms with Crippen molar-refractivity contribution in [1.29, 1.82) is 0 Å². The third-order valence-electron chi connectivity index (χ3n) is 5.85. The maximum absolute atomic E-state index is 12.7. The van der Waals surface area contributed by atoms with Gasteiger partial charge in [0.1, 0.15) is 23.8 Å². The molecule has 1 aromatic heterocycles. The molecule has 0 atom stereocenters. The maximum atomic E-state index is 12.7. The summed E-state index contributed by atoms with van der Waals surface area (Å²) >= 11 is 1.49. The van der Waals surface area contributed by atoms with Crippen molar-refractivity contribution >= 4 is 23.2 Å². The van der Waals surface area contributed by atoms with Gasteiger partial charge >= 0.3 is 0 Å². The van der Waals surface area contributed by atoms with E-state index in [0.29, 0.717) is 63.3 Å². The van der Waals surface area contributed by atoms with Crippen molar-refractivity contribution in [3.05, 3.63) is 39.8 Å². The van der Waals surface area contributed by atoms with Crippen LogP contribution in [0.25, 0.3) is 0 Å². The summed E-state index contributed by atoms with van der Waals surface area (Å²) < 4.78 is 26.2. The van der Waals surface area contributed by atoms with Gasteiger partial charge in [0.05, 0.1) is 45.7 Å². The second-order valence-corrected chi connectivity index (χ2v) is 9.18. The SMILES string of the molecule is COCCOCCOCC(=O)N1CCC(c2nc(C(=O)NCc3cc(OC)cc(OC)c3)cs2)CC1. The van der Waals surface area contributed by atoms with Gasteiger partial charge in [0, 0.05) is 44.1 Å². The average Bonchev–Trinajstić information content (AvgIpc) is 3.41. The Hall–Kier alpha value is -2.73. The number of methoxy groups -OCH3 is 3. The summed E-state index contributed by atoms with van der Waals surface area (Å²) in [5.74, 6) is 1.32. The van der Waals surface area contributed by atoms with E-state index in [4.69, 9.17) is 23.7 Å². The molecule has 198 valence electrons.